The summed E-state index contributed by atoms with van der Waals surface area (Å²) < 4.78 is 42.4. The van der Waals surface area contributed by atoms with Crippen LogP contribution in [0.5, 0.6) is 0 Å². The monoisotopic (exact) mass is 592 g/mol. The predicted octanol–water partition coefficient (Wildman–Crippen LogP) is 4.20. The lowest BCUT2D eigenvalue weighted by atomic mass is 9.91. The molecule has 1 aliphatic rings. The molecule has 0 aromatic heterocycles. The van der Waals surface area contributed by atoms with E-state index in [4.69, 9.17) is 28.9 Å². The largest absolute Gasteiger partial charge is 0.368 e. The fourth-order valence-corrected chi connectivity index (χ4v) is 6.14. The Morgan fingerprint density at radius 3 is 2.05 bits per heavy atom. The zero-order valence-corrected chi connectivity index (χ0v) is 23.2. The number of anilines is 1. The number of hydrogen-bond donors (Lipinski definition) is 3. The summed E-state index contributed by atoms with van der Waals surface area (Å²) in [4.78, 5) is 25.7. The maximum atomic E-state index is 14.2. The van der Waals surface area contributed by atoms with Crippen LogP contribution in [0.2, 0.25) is 10.0 Å². The van der Waals surface area contributed by atoms with Crippen LogP contribution in [0.1, 0.15) is 34.5 Å². The molecule has 4 rings (SSSR count). The zero-order chi connectivity index (χ0) is 28.3. The molecule has 2 amide bonds. The van der Waals surface area contributed by atoms with Gasteiger partial charge in [0.2, 0.25) is 15.9 Å². The summed E-state index contributed by atoms with van der Waals surface area (Å²) in [6.45, 7) is 2.41. The Morgan fingerprint density at radius 1 is 1.00 bits per heavy atom. The number of nitrogens with zero attached hydrogens (tertiary/aromatic N) is 1. The Bertz CT molecular complexity index is 1420. The van der Waals surface area contributed by atoms with Crippen LogP contribution in [-0.2, 0) is 14.8 Å². The van der Waals surface area contributed by atoms with E-state index in [2.05, 4.69) is 14.9 Å². The number of amides is 2. The molecule has 3 aromatic carbocycles. The fourth-order valence-electron chi connectivity index (χ4n) is 4.49. The SMILES string of the molecule is C[C@H](NC(=O)c1cc(F)cc(NS(=O)(=O)CC2CN(C(c3ccc(Cl)cc3)c3ccc(Cl)cc3)C2)c1)C(N)=O. The van der Waals surface area contributed by atoms with Crippen LogP contribution >= 0.6 is 23.2 Å². The van der Waals surface area contributed by atoms with Crippen molar-refractivity contribution in [3.05, 3.63) is 99.3 Å². The van der Waals surface area contributed by atoms with Gasteiger partial charge in [-0.15, -0.1) is 0 Å². The average molecular weight is 594 g/mol. The standard InChI is InChI=1S/C27H27Cl2FN4O4S/c1-16(26(31)35)32-27(36)20-10-23(30)12-24(11-20)33-39(37,38)15-17-13-34(14-17)25(18-2-6-21(28)7-3-18)19-4-8-22(29)9-5-19/h2-12,16-17,25,33H,13-15H2,1H3,(H2,31,35)(H,32,36)/t16-/m0/s1. The smallest absolute Gasteiger partial charge is 0.252 e. The van der Waals surface area contributed by atoms with E-state index in [9.17, 15) is 22.4 Å². The first-order valence-corrected chi connectivity index (χ1v) is 14.5. The summed E-state index contributed by atoms with van der Waals surface area (Å²) in [6, 6.07) is 17.0. The number of hydrogen-bond acceptors (Lipinski definition) is 5. The minimum Gasteiger partial charge on any atom is -0.368 e. The van der Waals surface area contributed by atoms with Crippen molar-refractivity contribution >= 4 is 50.7 Å². The van der Waals surface area contributed by atoms with Crippen molar-refractivity contribution in [2.45, 2.75) is 19.0 Å². The summed E-state index contributed by atoms with van der Waals surface area (Å²) in [6.07, 6.45) is 0. The first-order chi connectivity index (χ1) is 18.4. The van der Waals surface area contributed by atoms with E-state index in [0.29, 0.717) is 23.1 Å². The van der Waals surface area contributed by atoms with Crippen LogP contribution in [0, 0.1) is 11.7 Å². The van der Waals surface area contributed by atoms with E-state index >= 15 is 0 Å². The molecule has 206 valence electrons. The molecule has 1 fully saturated rings. The van der Waals surface area contributed by atoms with Crippen LogP contribution in [0.4, 0.5) is 10.1 Å². The number of carbonyl (C=O) groups is 2. The second-order valence-corrected chi connectivity index (χ2v) is 12.2. The molecule has 1 aliphatic heterocycles. The highest BCUT2D eigenvalue weighted by Gasteiger charge is 2.36. The van der Waals surface area contributed by atoms with Gasteiger partial charge in [-0.2, -0.15) is 0 Å². The normalized spacial score (nSPS) is 15.0. The van der Waals surface area contributed by atoms with Gasteiger partial charge in [-0.3, -0.25) is 19.2 Å². The predicted molar refractivity (Wildman–Crippen MR) is 150 cm³/mol. The highest BCUT2D eigenvalue weighted by atomic mass is 35.5. The molecule has 0 bridgehead atoms. The van der Waals surface area contributed by atoms with Crippen molar-refractivity contribution in [1.29, 1.82) is 0 Å². The summed E-state index contributed by atoms with van der Waals surface area (Å²) >= 11 is 12.2. The summed E-state index contributed by atoms with van der Waals surface area (Å²) in [5.74, 6) is -2.68. The average Bonchev–Trinajstić information content (AvgIpc) is 2.83. The molecule has 12 heteroatoms. The second-order valence-electron chi connectivity index (χ2n) is 9.54. The number of rotatable bonds is 10. The van der Waals surface area contributed by atoms with E-state index in [1.807, 2.05) is 48.5 Å². The van der Waals surface area contributed by atoms with Crippen molar-refractivity contribution in [3.8, 4) is 0 Å². The van der Waals surface area contributed by atoms with Crippen molar-refractivity contribution in [1.82, 2.24) is 10.2 Å². The first-order valence-electron chi connectivity index (χ1n) is 12.1. The number of carbonyl (C=O) groups excluding carboxylic acids is 2. The molecular formula is C27H27Cl2FN4O4S. The molecule has 8 nitrogen and oxygen atoms in total. The van der Waals surface area contributed by atoms with Crippen LogP contribution in [0.3, 0.4) is 0 Å². The van der Waals surface area contributed by atoms with E-state index in [1.54, 1.807) is 0 Å². The highest BCUT2D eigenvalue weighted by molar-refractivity contribution is 7.92. The number of benzene rings is 3. The number of likely N-dealkylation sites (tertiary alicyclic amines) is 1. The number of nitrogens with one attached hydrogen (secondary N) is 2. The van der Waals surface area contributed by atoms with Gasteiger partial charge in [-0.25, -0.2) is 12.8 Å². The minimum absolute atomic E-state index is 0.0942. The van der Waals surface area contributed by atoms with Gasteiger partial charge in [0.25, 0.3) is 5.91 Å². The number of halogens is 3. The maximum absolute atomic E-state index is 14.2. The Morgan fingerprint density at radius 2 is 1.54 bits per heavy atom. The lowest BCUT2D eigenvalue weighted by Crippen LogP contribution is -2.51. The molecule has 3 aromatic rings. The third-order valence-corrected chi connectivity index (χ3v) is 8.35. The Kier molecular flexibility index (Phi) is 8.80. The van der Waals surface area contributed by atoms with E-state index in [0.717, 1.165) is 23.3 Å². The fraction of sp³-hybridized carbons (Fsp3) is 0.259. The summed E-state index contributed by atoms with van der Waals surface area (Å²) in [5.41, 5.74) is 6.92. The van der Waals surface area contributed by atoms with Gasteiger partial charge in [0.15, 0.2) is 0 Å². The second kappa shape index (κ2) is 11.9. The van der Waals surface area contributed by atoms with Crippen LogP contribution in [0.25, 0.3) is 0 Å². The molecule has 0 radical (unpaired) electrons. The Labute approximate surface area is 236 Å². The number of sulfonamides is 1. The number of nitrogens with two attached hydrogens (primary N) is 1. The van der Waals surface area contributed by atoms with E-state index in [-0.39, 0.29) is 29.0 Å². The minimum atomic E-state index is -3.86. The number of primary amides is 1. The molecule has 1 saturated heterocycles. The Balaban J connectivity index is 1.43. The zero-order valence-electron chi connectivity index (χ0n) is 20.9. The van der Waals surface area contributed by atoms with Crippen LogP contribution < -0.4 is 15.8 Å². The van der Waals surface area contributed by atoms with Gasteiger partial charge in [0, 0.05) is 34.6 Å². The lowest BCUT2D eigenvalue weighted by molar-refractivity contribution is -0.119. The first kappa shape index (κ1) is 28.8. The summed E-state index contributed by atoms with van der Waals surface area (Å²) in [7, 11) is -3.86. The molecule has 0 spiro atoms. The summed E-state index contributed by atoms with van der Waals surface area (Å²) in [5, 5.41) is 3.57. The highest BCUT2D eigenvalue weighted by Crippen LogP contribution is 2.36. The van der Waals surface area contributed by atoms with Gasteiger partial charge in [0.1, 0.15) is 11.9 Å². The molecular weight excluding hydrogens is 566 g/mol. The van der Waals surface area contributed by atoms with E-state index in [1.165, 1.54) is 13.0 Å². The quantitative estimate of drug-likeness (QED) is 0.326. The van der Waals surface area contributed by atoms with Crippen LogP contribution in [0.15, 0.2) is 66.7 Å². The van der Waals surface area contributed by atoms with E-state index < -0.39 is 33.7 Å². The van der Waals surface area contributed by atoms with Crippen LogP contribution in [-0.4, -0.2) is 50.0 Å². The van der Waals surface area contributed by atoms with Gasteiger partial charge < -0.3 is 11.1 Å². The maximum Gasteiger partial charge on any atom is 0.252 e. The van der Waals surface area contributed by atoms with Crippen molar-refractivity contribution < 1.29 is 22.4 Å². The molecule has 0 saturated carbocycles. The van der Waals surface area contributed by atoms with Gasteiger partial charge in [-0.1, -0.05) is 47.5 Å². The Hall–Kier alpha value is -3.18. The third kappa shape index (κ3) is 7.48. The molecule has 4 N–H and O–H groups in total. The topological polar surface area (TPSA) is 122 Å². The van der Waals surface area contributed by atoms with Crippen molar-refractivity contribution in [2.24, 2.45) is 11.7 Å². The lowest BCUT2D eigenvalue weighted by Gasteiger charge is -2.44. The van der Waals surface area contributed by atoms with Gasteiger partial charge in [0.05, 0.1) is 17.5 Å². The molecule has 0 unspecified atom stereocenters. The molecule has 39 heavy (non-hydrogen) atoms. The van der Waals surface area contributed by atoms with Crippen molar-refractivity contribution in [3.63, 3.8) is 0 Å². The van der Waals surface area contributed by atoms with Gasteiger partial charge in [-0.05, 0) is 60.5 Å². The molecule has 1 heterocycles. The van der Waals surface area contributed by atoms with Gasteiger partial charge >= 0.3 is 0 Å². The molecule has 0 aliphatic carbocycles. The third-order valence-electron chi connectivity index (χ3n) is 6.38. The molecule has 1 atom stereocenters. The van der Waals surface area contributed by atoms with Crippen molar-refractivity contribution in [2.75, 3.05) is 23.6 Å².